The van der Waals surface area contributed by atoms with E-state index < -0.39 is 5.50 Å². The Morgan fingerprint density at radius 3 is 2.50 bits per heavy atom. The van der Waals surface area contributed by atoms with Crippen LogP contribution in [0.1, 0.15) is 10.4 Å². The summed E-state index contributed by atoms with van der Waals surface area (Å²) in [4.78, 5) is 11.2. The van der Waals surface area contributed by atoms with Crippen LogP contribution in [0.25, 0.3) is 0 Å². The van der Waals surface area contributed by atoms with E-state index in [4.69, 9.17) is 28.9 Å². The van der Waals surface area contributed by atoms with Crippen LogP contribution in [0.3, 0.4) is 0 Å². The first-order chi connectivity index (χ1) is 5.63. The van der Waals surface area contributed by atoms with E-state index in [1.807, 2.05) is 0 Å². The largest absolute Gasteiger partial charge is 0.309 e. The van der Waals surface area contributed by atoms with Crippen LogP contribution in [-0.2, 0) is 0 Å². The Balaban J connectivity index is 3.03. The highest BCUT2D eigenvalue weighted by Gasteiger charge is 2.14. The van der Waals surface area contributed by atoms with Gasteiger partial charge in [0.25, 0.3) is 0 Å². The Kier molecular flexibility index (Phi) is 3.09. The van der Waals surface area contributed by atoms with Gasteiger partial charge in [0.05, 0.1) is 5.02 Å². The number of rotatable bonds is 2. The number of ketones is 1. The number of Topliss-reactive ketones (excluding diaryl/α,β-unsaturated/α-hetero) is 1. The van der Waals surface area contributed by atoms with Crippen LogP contribution in [0.2, 0.25) is 5.02 Å². The van der Waals surface area contributed by atoms with Crippen LogP contribution < -0.4 is 5.73 Å². The van der Waals surface area contributed by atoms with Gasteiger partial charge in [-0.15, -0.1) is 0 Å². The van der Waals surface area contributed by atoms with Gasteiger partial charge in [0.1, 0.15) is 5.50 Å². The lowest BCUT2D eigenvalue weighted by Crippen LogP contribution is -2.24. The maximum absolute atomic E-state index is 11.2. The lowest BCUT2D eigenvalue weighted by Gasteiger charge is -2.03. The molecule has 0 aromatic heterocycles. The Labute approximate surface area is 80.3 Å². The lowest BCUT2D eigenvalue weighted by molar-refractivity contribution is 0.0988. The minimum absolute atomic E-state index is 0.359. The first-order valence-electron chi connectivity index (χ1n) is 3.31. The van der Waals surface area contributed by atoms with Gasteiger partial charge in [-0.05, 0) is 12.1 Å². The third kappa shape index (κ3) is 1.97. The molecule has 1 atom stereocenters. The van der Waals surface area contributed by atoms with Gasteiger partial charge >= 0.3 is 0 Å². The van der Waals surface area contributed by atoms with Gasteiger partial charge in [0.2, 0.25) is 0 Å². The predicted molar refractivity (Wildman–Crippen MR) is 49.6 cm³/mol. The second-order valence-electron chi connectivity index (χ2n) is 2.25. The van der Waals surface area contributed by atoms with E-state index in [0.717, 1.165) is 0 Å². The molecule has 0 spiro atoms. The second kappa shape index (κ2) is 3.90. The summed E-state index contributed by atoms with van der Waals surface area (Å²) < 4.78 is 0. The molecule has 4 heteroatoms. The Morgan fingerprint density at radius 1 is 1.42 bits per heavy atom. The molecule has 0 aliphatic heterocycles. The van der Waals surface area contributed by atoms with E-state index in [-0.39, 0.29) is 5.78 Å². The van der Waals surface area contributed by atoms with Gasteiger partial charge in [0.15, 0.2) is 5.78 Å². The standard InChI is InChI=1S/C8H7Cl2NO/c9-6-4-2-1-3-5(6)7(12)8(10)11/h1-4,8H,11H2. The van der Waals surface area contributed by atoms with Crippen molar-refractivity contribution in [2.45, 2.75) is 5.50 Å². The van der Waals surface area contributed by atoms with Gasteiger partial charge in [-0.2, -0.15) is 0 Å². The number of benzene rings is 1. The minimum atomic E-state index is -1.02. The third-order valence-electron chi connectivity index (χ3n) is 1.39. The molecular formula is C8H7Cl2NO. The SMILES string of the molecule is NC(Cl)C(=O)c1ccccc1Cl. The highest BCUT2D eigenvalue weighted by atomic mass is 35.5. The van der Waals surface area contributed by atoms with Gasteiger partial charge in [0, 0.05) is 5.56 Å². The summed E-state index contributed by atoms with van der Waals surface area (Å²) in [6, 6.07) is 6.65. The van der Waals surface area contributed by atoms with Crippen molar-refractivity contribution in [1.82, 2.24) is 0 Å². The van der Waals surface area contributed by atoms with Crippen LogP contribution in [0, 0.1) is 0 Å². The van der Waals surface area contributed by atoms with Crippen molar-refractivity contribution in [3.63, 3.8) is 0 Å². The number of alkyl halides is 1. The zero-order valence-corrected chi connectivity index (χ0v) is 7.64. The van der Waals surface area contributed by atoms with E-state index in [2.05, 4.69) is 0 Å². The zero-order chi connectivity index (χ0) is 9.14. The minimum Gasteiger partial charge on any atom is -0.309 e. The summed E-state index contributed by atoms with van der Waals surface area (Å²) in [5.74, 6) is -0.359. The monoisotopic (exact) mass is 203 g/mol. The van der Waals surface area contributed by atoms with Crippen LogP contribution in [-0.4, -0.2) is 11.3 Å². The molecule has 0 heterocycles. The normalized spacial score (nSPS) is 12.6. The summed E-state index contributed by atoms with van der Waals surface area (Å²) in [6.07, 6.45) is 0. The molecule has 0 saturated carbocycles. The molecule has 0 aliphatic carbocycles. The summed E-state index contributed by atoms with van der Waals surface area (Å²) in [5.41, 5.74) is 4.53. The topological polar surface area (TPSA) is 43.1 Å². The quantitative estimate of drug-likeness (QED) is 0.455. The fraction of sp³-hybridized carbons (Fsp3) is 0.125. The molecule has 0 fully saturated rings. The fourth-order valence-electron chi connectivity index (χ4n) is 0.810. The van der Waals surface area contributed by atoms with Gasteiger partial charge in [-0.25, -0.2) is 0 Å². The van der Waals surface area contributed by atoms with Crippen molar-refractivity contribution in [2.24, 2.45) is 5.73 Å². The van der Waals surface area contributed by atoms with Crippen molar-refractivity contribution in [3.05, 3.63) is 34.9 Å². The van der Waals surface area contributed by atoms with E-state index in [1.165, 1.54) is 0 Å². The highest BCUT2D eigenvalue weighted by Crippen LogP contribution is 2.16. The molecule has 0 aliphatic rings. The first kappa shape index (κ1) is 9.52. The maximum atomic E-state index is 11.2. The van der Waals surface area contributed by atoms with Crippen molar-refractivity contribution < 1.29 is 4.79 Å². The number of nitrogens with two attached hydrogens (primary N) is 1. The molecule has 0 saturated heterocycles. The van der Waals surface area contributed by atoms with Gasteiger partial charge < -0.3 is 5.73 Å². The number of carbonyl (C=O) groups excluding carboxylic acids is 1. The summed E-state index contributed by atoms with van der Waals surface area (Å²) in [6.45, 7) is 0. The van der Waals surface area contributed by atoms with Gasteiger partial charge in [-0.1, -0.05) is 35.3 Å². The fourth-order valence-corrected chi connectivity index (χ4v) is 1.16. The Morgan fingerprint density at radius 2 is 2.00 bits per heavy atom. The zero-order valence-electron chi connectivity index (χ0n) is 6.13. The summed E-state index contributed by atoms with van der Waals surface area (Å²) >= 11 is 11.1. The van der Waals surface area contributed by atoms with E-state index >= 15 is 0 Å². The number of hydrogen-bond acceptors (Lipinski definition) is 2. The average molecular weight is 204 g/mol. The average Bonchev–Trinajstić information content (AvgIpc) is 2.04. The van der Waals surface area contributed by atoms with E-state index in [9.17, 15) is 4.79 Å². The molecule has 0 bridgehead atoms. The number of carbonyl (C=O) groups is 1. The van der Waals surface area contributed by atoms with Crippen LogP contribution in [0.15, 0.2) is 24.3 Å². The molecule has 1 rings (SSSR count). The Bertz CT molecular complexity index is 299. The molecule has 12 heavy (non-hydrogen) atoms. The second-order valence-corrected chi connectivity index (χ2v) is 3.12. The first-order valence-corrected chi connectivity index (χ1v) is 4.13. The van der Waals surface area contributed by atoms with Crippen molar-refractivity contribution in [1.29, 1.82) is 0 Å². The predicted octanol–water partition coefficient (Wildman–Crippen LogP) is 2.05. The summed E-state index contributed by atoms with van der Waals surface area (Å²) in [5, 5.41) is 0.374. The third-order valence-corrected chi connectivity index (χ3v) is 1.92. The number of hydrogen-bond donors (Lipinski definition) is 1. The highest BCUT2D eigenvalue weighted by molar-refractivity contribution is 6.38. The molecule has 2 nitrogen and oxygen atoms in total. The van der Waals surface area contributed by atoms with Crippen LogP contribution in [0.5, 0.6) is 0 Å². The molecule has 1 aromatic carbocycles. The molecule has 0 amide bonds. The molecule has 2 N–H and O–H groups in total. The molecule has 1 unspecified atom stereocenters. The smallest absolute Gasteiger partial charge is 0.196 e. The van der Waals surface area contributed by atoms with E-state index in [1.54, 1.807) is 24.3 Å². The van der Waals surface area contributed by atoms with Crippen molar-refractivity contribution >= 4 is 29.0 Å². The molecule has 64 valence electrons. The maximum Gasteiger partial charge on any atom is 0.196 e. The number of halogens is 2. The summed E-state index contributed by atoms with van der Waals surface area (Å²) in [7, 11) is 0. The molecule has 0 radical (unpaired) electrons. The van der Waals surface area contributed by atoms with E-state index in [0.29, 0.717) is 10.6 Å². The van der Waals surface area contributed by atoms with Crippen LogP contribution >= 0.6 is 23.2 Å². The lowest BCUT2D eigenvalue weighted by atomic mass is 10.1. The Hall–Kier alpha value is -0.570. The van der Waals surface area contributed by atoms with Gasteiger partial charge in [-0.3, -0.25) is 4.79 Å². The molecule has 1 aromatic rings. The van der Waals surface area contributed by atoms with Crippen LogP contribution in [0.4, 0.5) is 0 Å². The van der Waals surface area contributed by atoms with Crippen molar-refractivity contribution in [3.8, 4) is 0 Å². The molecular weight excluding hydrogens is 197 g/mol. The van der Waals surface area contributed by atoms with Crippen molar-refractivity contribution in [2.75, 3.05) is 0 Å².